The smallest absolute Gasteiger partial charge is 0.243 e. The van der Waals surface area contributed by atoms with E-state index in [0.29, 0.717) is 18.9 Å². The highest BCUT2D eigenvalue weighted by molar-refractivity contribution is 7.89. The summed E-state index contributed by atoms with van der Waals surface area (Å²) in [6.07, 6.45) is 4.79. The van der Waals surface area contributed by atoms with Crippen LogP contribution in [0.3, 0.4) is 0 Å². The molecule has 2 rings (SSSR count). The first-order chi connectivity index (χ1) is 10.1. The molecular formula is C14H18N4O2S. The van der Waals surface area contributed by atoms with Crippen molar-refractivity contribution in [2.45, 2.75) is 18.4 Å². The Bertz CT molecular complexity index is 689. The van der Waals surface area contributed by atoms with Gasteiger partial charge in [-0.15, -0.1) is 0 Å². The summed E-state index contributed by atoms with van der Waals surface area (Å²) >= 11 is 0. The summed E-state index contributed by atoms with van der Waals surface area (Å²) in [6, 6.07) is 6.66. The molecule has 0 spiro atoms. The Balaban J connectivity index is 2.31. The second-order valence-electron chi connectivity index (χ2n) is 4.41. The molecule has 0 radical (unpaired) electrons. The van der Waals surface area contributed by atoms with Crippen LogP contribution in [0.15, 0.2) is 47.8 Å². The van der Waals surface area contributed by atoms with E-state index >= 15 is 0 Å². The van der Waals surface area contributed by atoms with Gasteiger partial charge in [-0.2, -0.15) is 4.31 Å². The number of hydrogen-bond acceptors (Lipinski definition) is 5. The van der Waals surface area contributed by atoms with Gasteiger partial charge in [0.15, 0.2) is 0 Å². The van der Waals surface area contributed by atoms with Crippen molar-refractivity contribution in [3.63, 3.8) is 0 Å². The zero-order valence-corrected chi connectivity index (χ0v) is 12.8. The molecule has 0 fully saturated rings. The summed E-state index contributed by atoms with van der Waals surface area (Å²) < 4.78 is 26.8. The van der Waals surface area contributed by atoms with Crippen LogP contribution in [0.5, 0.6) is 0 Å². The molecule has 0 aromatic carbocycles. The van der Waals surface area contributed by atoms with Gasteiger partial charge in [0.2, 0.25) is 10.0 Å². The molecular weight excluding hydrogens is 288 g/mol. The minimum atomic E-state index is -3.55. The van der Waals surface area contributed by atoms with E-state index in [1.54, 1.807) is 19.4 Å². The molecule has 0 saturated heterocycles. The highest BCUT2D eigenvalue weighted by atomic mass is 32.2. The second kappa shape index (κ2) is 6.64. The highest BCUT2D eigenvalue weighted by Gasteiger charge is 2.23. The van der Waals surface area contributed by atoms with E-state index in [1.807, 2.05) is 19.1 Å². The predicted octanol–water partition coefficient (Wildman–Crippen LogP) is 1.73. The average Bonchev–Trinajstić information content (AvgIpc) is 2.53. The van der Waals surface area contributed by atoms with Crippen LogP contribution in [-0.4, -0.2) is 36.3 Å². The third-order valence-electron chi connectivity index (χ3n) is 3.09. The number of aromatic nitrogens is 2. The highest BCUT2D eigenvalue weighted by Crippen LogP contribution is 2.19. The van der Waals surface area contributed by atoms with Crippen LogP contribution in [0.4, 0.5) is 5.82 Å². The van der Waals surface area contributed by atoms with Gasteiger partial charge in [0.25, 0.3) is 0 Å². The van der Waals surface area contributed by atoms with Crippen molar-refractivity contribution >= 4 is 15.8 Å². The Kier molecular flexibility index (Phi) is 4.87. The summed E-state index contributed by atoms with van der Waals surface area (Å²) in [4.78, 5) is 8.21. The van der Waals surface area contributed by atoms with Crippen molar-refractivity contribution in [3.8, 4) is 0 Å². The summed E-state index contributed by atoms with van der Waals surface area (Å²) in [7, 11) is -1.85. The van der Waals surface area contributed by atoms with Gasteiger partial charge in [-0.1, -0.05) is 6.92 Å². The lowest BCUT2D eigenvalue weighted by Gasteiger charge is -2.20. The molecule has 7 heteroatoms. The van der Waals surface area contributed by atoms with Gasteiger partial charge in [0.1, 0.15) is 5.82 Å². The Labute approximate surface area is 124 Å². The Morgan fingerprint density at radius 1 is 1.19 bits per heavy atom. The van der Waals surface area contributed by atoms with E-state index in [-0.39, 0.29) is 4.90 Å². The first kappa shape index (κ1) is 15.4. The van der Waals surface area contributed by atoms with Crippen molar-refractivity contribution in [1.82, 2.24) is 14.3 Å². The fourth-order valence-electron chi connectivity index (χ4n) is 1.92. The zero-order chi connectivity index (χ0) is 15.3. The molecule has 0 aliphatic carbocycles. The van der Waals surface area contributed by atoms with Crippen molar-refractivity contribution in [2.24, 2.45) is 0 Å². The van der Waals surface area contributed by atoms with Crippen molar-refractivity contribution in [3.05, 3.63) is 48.4 Å². The van der Waals surface area contributed by atoms with E-state index < -0.39 is 10.0 Å². The van der Waals surface area contributed by atoms with Gasteiger partial charge in [0.05, 0.1) is 4.90 Å². The van der Waals surface area contributed by atoms with E-state index in [0.717, 1.165) is 5.56 Å². The summed E-state index contributed by atoms with van der Waals surface area (Å²) in [5, 5.41) is 2.84. The molecule has 2 aromatic rings. The molecule has 112 valence electrons. The molecule has 0 unspecified atom stereocenters. The molecule has 6 nitrogen and oxygen atoms in total. The van der Waals surface area contributed by atoms with Gasteiger partial charge in [0, 0.05) is 44.8 Å². The second-order valence-corrected chi connectivity index (χ2v) is 6.35. The van der Waals surface area contributed by atoms with Gasteiger partial charge in [-0.25, -0.2) is 13.4 Å². The number of sulfonamides is 1. The molecule has 0 aliphatic heterocycles. The molecule has 0 amide bonds. The minimum Gasteiger partial charge on any atom is -0.373 e. The van der Waals surface area contributed by atoms with Crippen LogP contribution in [0.2, 0.25) is 0 Å². The number of anilines is 1. The first-order valence-corrected chi connectivity index (χ1v) is 8.04. The predicted molar refractivity (Wildman–Crippen MR) is 81.3 cm³/mol. The number of pyridine rings is 2. The number of nitrogens with zero attached hydrogens (tertiary/aromatic N) is 3. The van der Waals surface area contributed by atoms with E-state index in [9.17, 15) is 8.42 Å². The third kappa shape index (κ3) is 3.56. The van der Waals surface area contributed by atoms with E-state index in [4.69, 9.17) is 0 Å². The molecule has 1 N–H and O–H groups in total. The summed E-state index contributed by atoms with van der Waals surface area (Å²) in [5.74, 6) is 0.524. The van der Waals surface area contributed by atoms with Crippen LogP contribution < -0.4 is 5.32 Å². The lowest BCUT2D eigenvalue weighted by Crippen LogP contribution is -2.30. The maximum Gasteiger partial charge on any atom is 0.243 e. The first-order valence-electron chi connectivity index (χ1n) is 6.60. The quantitative estimate of drug-likeness (QED) is 0.879. The number of rotatable bonds is 6. The molecule has 0 atom stereocenters. The largest absolute Gasteiger partial charge is 0.373 e. The van der Waals surface area contributed by atoms with Crippen molar-refractivity contribution < 1.29 is 8.42 Å². The topological polar surface area (TPSA) is 75.2 Å². The fourth-order valence-corrected chi connectivity index (χ4v) is 3.37. The van der Waals surface area contributed by atoms with Gasteiger partial charge < -0.3 is 5.32 Å². The van der Waals surface area contributed by atoms with Crippen LogP contribution in [0.1, 0.15) is 12.5 Å². The normalized spacial score (nSPS) is 11.6. The van der Waals surface area contributed by atoms with Gasteiger partial charge in [-0.05, 0) is 23.8 Å². The Hall–Kier alpha value is -1.99. The van der Waals surface area contributed by atoms with E-state index in [1.165, 1.54) is 22.6 Å². The standard InChI is InChI=1S/C14H18N4O2S/c1-3-18(11-12-4-7-16-8-5-12)21(19,20)13-6-9-17-14(10-13)15-2/h4-10H,3,11H2,1-2H3,(H,15,17). The van der Waals surface area contributed by atoms with E-state index in [2.05, 4.69) is 15.3 Å². The Morgan fingerprint density at radius 3 is 2.52 bits per heavy atom. The Morgan fingerprint density at radius 2 is 1.90 bits per heavy atom. The maximum atomic E-state index is 12.7. The van der Waals surface area contributed by atoms with Gasteiger partial charge in [-0.3, -0.25) is 4.98 Å². The molecule has 0 saturated carbocycles. The SMILES string of the molecule is CCN(Cc1ccncc1)S(=O)(=O)c1ccnc(NC)c1. The molecule has 21 heavy (non-hydrogen) atoms. The van der Waals surface area contributed by atoms with Crippen LogP contribution in [0.25, 0.3) is 0 Å². The third-order valence-corrected chi connectivity index (χ3v) is 5.00. The van der Waals surface area contributed by atoms with Crippen LogP contribution >= 0.6 is 0 Å². The average molecular weight is 306 g/mol. The van der Waals surface area contributed by atoms with Crippen LogP contribution in [0, 0.1) is 0 Å². The lowest BCUT2D eigenvalue weighted by atomic mass is 10.3. The van der Waals surface area contributed by atoms with Crippen LogP contribution in [-0.2, 0) is 16.6 Å². The fraction of sp³-hybridized carbons (Fsp3) is 0.286. The zero-order valence-electron chi connectivity index (χ0n) is 12.0. The number of nitrogens with one attached hydrogen (secondary N) is 1. The molecule has 2 heterocycles. The monoisotopic (exact) mass is 306 g/mol. The maximum absolute atomic E-state index is 12.7. The van der Waals surface area contributed by atoms with Crippen molar-refractivity contribution in [1.29, 1.82) is 0 Å². The molecule has 0 aliphatic rings. The lowest BCUT2D eigenvalue weighted by molar-refractivity contribution is 0.423. The summed E-state index contributed by atoms with van der Waals surface area (Å²) in [6.45, 7) is 2.53. The minimum absolute atomic E-state index is 0.234. The van der Waals surface area contributed by atoms with Gasteiger partial charge >= 0.3 is 0 Å². The number of hydrogen-bond donors (Lipinski definition) is 1. The summed E-state index contributed by atoms with van der Waals surface area (Å²) in [5.41, 5.74) is 0.901. The molecule has 0 bridgehead atoms. The van der Waals surface area contributed by atoms with Crippen molar-refractivity contribution in [2.75, 3.05) is 18.9 Å². The molecule has 2 aromatic heterocycles.